The van der Waals surface area contributed by atoms with E-state index in [1.165, 1.54) is 6.07 Å². The van der Waals surface area contributed by atoms with Gasteiger partial charge in [0.25, 0.3) is 0 Å². The molecule has 4 nitrogen and oxygen atoms in total. The van der Waals surface area contributed by atoms with E-state index >= 15 is 0 Å². The van der Waals surface area contributed by atoms with Gasteiger partial charge < -0.3 is 10.2 Å². The first-order chi connectivity index (χ1) is 9.56. The zero-order valence-corrected chi connectivity index (χ0v) is 12.1. The van der Waals surface area contributed by atoms with Gasteiger partial charge in [0, 0.05) is 44.8 Å². The first kappa shape index (κ1) is 14.9. The van der Waals surface area contributed by atoms with E-state index in [0.717, 1.165) is 19.6 Å². The lowest BCUT2D eigenvalue weighted by Gasteiger charge is -2.32. The summed E-state index contributed by atoms with van der Waals surface area (Å²) in [7, 11) is 1.72. The lowest BCUT2D eigenvalue weighted by atomic mass is 10.2. The van der Waals surface area contributed by atoms with E-state index in [1.807, 2.05) is 0 Å². The van der Waals surface area contributed by atoms with Gasteiger partial charge in [-0.15, -0.1) is 0 Å². The first-order valence-electron chi connectivity index (χ1n) is 6.99. The molecule has 1 aromatic carbocycles. The van der Waals surface area contributed by atoms with E-state index in [1.54, 1.807) is 30.1 Å². The van der Waals surface area contributed by atoms with Gasteiger partial charge in [-0.1, -0.05) is 18.2 Å². The summed E-state index contributed by atoms with van der Waals surface area (Å²) >= 11 is 0. The van der Waals surface area contributed by atoms with Crippen molar-refractivity contribution in [1.82, 2.24) is 15.1 Å². The largest absolute Gasteiger partial charge is 0.340 e. The van der Waals surface area contributed by atoms with Crippen molar-refractivity contribution in [2.75, 3.05) is 33.2 Å². The van der Waals surface area contributed by atoms with E-state index in [2.05, 4.69) is 17.1 Å². The van der Waals surface area contributed by atoms with Crippen LogP contribution in [0.2, 0.25) is 0 Å². The molecule has 0 radical (unpaired) electrons. The number of hydrogen-bond acceptors (Lipinski definition) is 3. The van der Waals surface area contributed by atoms with Crippen LogP contribution in [0.3, 0.4) is 0 Å². The number of carbonyl (C=O) groups is 1. The molecule has 110 valence electrons. The van der Waals surface area contributed by atoms with E-state index in [0.29, 0.717) is 24.7 Å². The van der Waals surface area contributed by atoms with Gasteiger partial charge in [0.1, 0.15) is 5.82 Å². The molecule has 1 atom stereocenters. The SMILES string of the molecule is CC1CN(CC(=O)N(C)Cc2ccccc2F)CCN1. The molecule has 1 N–H and O–H groups in total. The fourth-order valence-electron chi connectivity index (χ4n) is 2.44. The predicted molar refractivity (Wildman–Crippen MR) is 76.8 cm³/mol. The second kappa shape index (κ2) is 6.81. The van der Waals surface area contributed by atoms with Crippen LogP contribution in [-0.4, -0.2) is 55.0 Å². The molecule has 0 saturated carbocycles. The number of benzene rings is 1. The minimum Gasteiger partial charge on any atom is -0.340 e. The molecule has 0 bridgehead atoms. The van der Waals surface area contributed by atoms with Gasteiger partial charge in [-0.25, -0.2) is 4.39 Å². The van der Waals surface area contributed by atoms with Crippen LogP contribution in [0, 0.1) is 5.82 Å². The second-order valence-corrected chi connectivity index (χ2v) is 5.43. The molecule has 1 heterocycles. The first-order valence-corrected chi connectivity index (χ1v) is 6.99. The third-order valence-electron chi connectivity index (χ3n) is 3.60. The number of hydrogen-bond donors (Lipinski definition) is 1. The van der Waals surface area contributed by atoms with Crippen molar-refractivity contribution in [3.8, 4) is 0 Å². The fourth-order valence-corrected chi connectivity index (χ4v) is 2.44. The number of halogens is 1. The van der Waals surface area contributed by atoms with Crippen molar-refractivity contribution in [3.05, 3.63) is 35.6 Å². The highest BCUT2D eigenvalue weighted by Gasteiger charge is 2.20. The van der Waals surface area contributed by atoms with Gasteiger partial charge in [-0.05, 0) is 13.0 Å². The number of amides is 1. The Kier molecular flexibility index (Phi) is 5.09. The van der Waals surface area contributed by atoms with Crippen molar-refractivity contribution in [3.63, 3.8) is 0 Å². The molecule has 1 unspecified atom stereocenters. The molecule has 1 aliphatic heterocycles. The summed E-state index contributed by atoms with van der Waals surface area (Å²) in [5, 5.41) is 3.35. The fraction of sp³-hybridized carbons (Fsp3) is 0.533. The summed E-state index contributed by atoms with van der Waals surface area (Å²) in [6.07, 6.45) is 0. The van der Waals surface area contributed by atoms with Crippen molar-refractivity contribution in [1.29, 1.82) is 0 Å². The number of rotatable bonds is 4. The Hall–Kier alpha value is -1.46. The highest BCUT2D eigenvalue weighted by atomic mass is 19.1. The monoisotopic (exact) mass is 279 g/mol. The van der Waals surface area contributed by atoms with Gasteiger partial charge in [-0.2, -0.15) is 0 Å². The number of nitrogens with zero attached hydrogens (tertiary/aromatic N) is 2. The number of nitrogens with one attached hydrogen (secondary N) is 1. The van der Waals surface area contributed by atoms with E-state index < -0.39 is 0 Å². The van der Waals surface area contributed by atoms with Gasteiger partial charge in [-0.3, -0.25) is 9.69 Å². The molecular formula is C15H22FN3O. The minimum absolute atomic E-state index is 0.0300. The minimum atomic E-state index is -0.261. The van der Waals surface area contributed by atoms with Crippen LogP contribution in [0.15, 0.2) is 24.3 Å². The molecule has 1 saturated heterocycles. The van der Waals surface area contributed by atoms with E-state index in [4.69, 9.17) is 0 Å². The van der Waals surface area contributed by atoms with Crippen LogP contribution in [0.25, 0.3) is 0 Å². The van der Waals surface area contributed by atoms with Crippen molar-refractivity contribution in [2.45, 2.75) is 19.5 Å². The zero-order chi connectivity index (χ0) is 14.5. The Morgan fingerprint density at radius 3 is 2.95 bits per heavy atom. The van der Waals surface area contributed by atoms with Crippen LogP contribution in [0.5, 0.6) is 0 Å². The van der Waals surface area contributed by atoms with Crippen LogP contribution in [0.1, 0.15) is 12.5 Å². The standard InChI is InChI=1S/C15H22FN3O/c1-12-9-19(8-7-17-12)11-15(20)18(2)10-13-5-3-4-6-14(13)16/h3-6,12,17H,7-11H2,1-2H3. The Labute approximate surface area is 119 Å². The van der Waals surface area contributed by atoms with Gasteiger partial charge in [0.2, 0.25) is 5.91 Å². The topological polar surface area (TPSA) is 35.6 Å². The number of carbonyl (C=O) groups excluding carboxylic acids is 1. The number of piperazine rings is 1. The summed E-state index contributed by atoms with van der Waals surface area (Å²) < 4.78 is 13.6. The summed E-state index contributed by atoms with van der Waals surface area (Å²) in [4.78, 5) is 15.9. The van der Waals surface area contributed by atoms with Crippen molar-refractivity contribution >= 4 is 5.91 Å². The molecule has 2 rings (SSSR count). The Morgan fingerprint density at radius 1 is 1.50 bits per heavy atom. The third-order valence-corrected chi connectivity index (χ3v) is 3.60. The highest BCUT2D eigenvalue weighted by Crippen LogP contribution is 2.09. The Morgan fingerprint density at radius 2 is 2.25 bits per heavy atom. The quantitative estimate of drug-likeness (QED) is 0.896. The van der Waals surface area contributed by atoms with Crippen LogP contribution < -0.4 is 5.32 Å². The number of likely N-dealkylation sites (N-methyl/N-ethyl adjacent to an activating group) is 1. The molecular weight excluding hydrogens is 257 g/mol. The molecule has 0 aliphatic carbocycles. The van der Waals surface area contributed by atoms with Crippen LogP contribution >= 0.6 is 0 Å². The molecule has 1 aliphatic rings. The van der Waals surface area contributed by atoms with Gasteiger partial charge >= 0.3 is 0 Å². The molecule has 0 aromatic heterocycles. The molecule has 5 heteroatoms. The maximum absolute atomic E-state index is 13.6. The van der Waals surface area contributed by atoms with Crippen LogP contribution in [0.4, 0.5) is 4.39 Å². The average molecular weight is 279 g/mol. The molecule has 1 fully saturated rings. The zero-order valence-electron chi connectivity index (χ0n) is 12.1. The normalized spacial score (nSPS) is 19.9. The lowest BCUT2D eigenvalue weighted by Crippen LogP contribution is -2.51. The van der Waals surface area contributed by atoms with Crippen molar-refractivity contribution < 1.29 is 9.18 Å². The average Bonchev–Trinajstić information content (AvgIpc) is 2.41. The van der Waals surface area contributed by atoms with Crippen molar-refractivity contribution in [2.24, 2.45) is 0 Å². The maximum atomic E-state index is 13.6. The van der Waals surface area contributed by atoms with Gasteiger partial charge in [0.15, 0.2) is 0 Å². The predicted octanol–water partition coefficient (Wildman–Crippen LogP) is 1.08. The van der Waals surface area contributed by atoms with Crippen LogP contribution in [-0.2, 0) is 11.3 Å². The maximum Gasteiger partial charge on any atom is 0.236 e. The molecule has 1 aromatic rings. The van der Waals surface area contributed by atoms with Gasteiger partial charge in [0.05, 0.1) is 6.54 Å². The molecule has 0 spiro atoms. The Balaban J connectivity index is 1.87. The summed E-state index contributed by atoms with van der Waals surface area (Å²) in [6.45, 7) is 5.48. The molecule has 20 heavy (non-hydrogen) atoms. The summed E-state index contributed by atoms with van der Waals surface area (Å²) in [5.74, 6) is -0.231. The highest BCUT2D eigenvalue weighted by molar-refractivity contribution is 5.78. The van der Waals surface area contributed by atoms with E-state index in [-0.39, 0.29) is 11.7 Å². The molecule has 1 amide bonds. The summed E-state index contributed by atoms with van der Waals surface area (Å²) in [5.41, 5.74) is 0.553. The third kappa shape index (κ3) is 4.02. The van der Waals surface area contributed by atoms with E-state index in [9.17, 15) is 9.18 Å². The second-order valence-electron chi connectivity index (χ2n) is 5.43. The summed E-state index contributed by atoms with van der Waals surface area (Å²) in [6, 6.07) is 6.99. The Bertz CT molecular complexity index is 466. The smallest absolute Gasteiger partial charge is 0.236 e. The lowest BCUT2D eigenvalue weighted by molar-refractivity contribution is -0.131.